The van der Waals surface area contributed by atoms with Gasteiger partial charge in [0.05, 0.1) is 0 Å². The molecule has 0 heterocycles. The second-order valence-electron chi connectivity index (χ2n) is 4.17. The van der Waals surface area contributed by atoms with E-state index in [4.69, 9.17) is 0 Å². The van der Waals surface area contributed by atoms with Gasteiger partial charge in [-0.15, -0.1) is 0 Å². The van der Waals surface area contributed by atoms with E-state index in [0.29, 0.717) is 0 Å². The quantitative estimate of drug-likeness (QED) is 0.663. The van der Waals surface area contributed by atoms with Crippen LogP contribution in [-0.4, -0.2) is 49.7 Å². The fraction of sp³-hybridized carbons (Fsp3) is 0.857. The number of alkyl halides is 14. The van der Waals surface area contributed by atoms with Crippen molar-refractivity contribution in [1.29, 1.82) is 0 Å². The number of hydrogen-bond donors (Lipinski definition) is 1. The van der Waals surface area contributed by atoms with Crippen molar-refractivity contribution in [2.24, 2.45) is 0 Å². The van der Waals surface area contributed by atoms with Crippen molar-refractivity contribution in [2.45, 2.75) is 35.4 Å². The summed E-state index contributed by atoms with van der Waals surface area (Å²) in [6.07, 6.45) is -14.6. The normalized spacial score (nSPS) is 15.8. The molecule has 26 heavy (non-hydrogen) atoms. The summed E-state index contributed by atoms with van der Waals surface area (Å²) in [7, 11) is -7.87. The third-order valence-corrected chi connectivity index (χ3v) is 3.71. The SMILES string of the molecule is O=C(NS(=O)(=O)C(F)(F)C(F)(F)C(F)(F)F)C(F)(F)C(F)(F)C(F)(F)F. The van der Waals surface area contributed by atoms with Gasteiger partial charge in [0.25, 0.3) is 0 Å². The average Bonchev–Trinajstić information content (AvgIpc) is 2.34. The highest BCUT2D eigenvalue weighted by Crippen LogP contribution is 2.50. The van der Waals surface area contributed by atoms with Crippen LogP contribution in [0.3, 0.4) is 0 Å². The van der Waals surface area contributed by atoms with Crippen molar-refractivity contribution in [2.75, 3.05) is 0 Å². The van der Waals surface area contributed by atoms with Crippen LogP contribution in [0.5, 0.6) is 0 Å². The molecule has 0 aromatic heterocycles. The predicted molar refractivity (Wildman–Crippen MR) is 49.0 cm³/mol. The molecule has 0 rings (SSSR count). The van der Waals surface area contributed by atoms with Crippen molar-refractivity contribution < 1.29 is 74.7 Å². The number of carbonyl (C=O) groups is 1. The molecule has 0 fully saturated rings. The van der Waals surface area contributed by atoms with Crippen LogP contribution in [0.15, 0.2) is 0 Å². The lowest BCUT2D eigenvalue weighted by Crippen LogP contribution is -2.64. The van der Waals surface area contributed by atoms with E-state index in [1.807, 2.05) is 0 Å². The Morgan fingerprint density at radius 2 is 0.923 bits per heavy atom. The summed E-state index contributed by atoms with van der Waals surface area (Å²) in [6, 6.07) is 0. The Labute approximate surface area is 132 Å². The van der Waals surface area contributed by atoms with E-state index in [-0.39, 0.29) is 0 Å². The summed E-state index contributed by atoms with van der Waals surface area (Å²) in [4.78, 5) is 10.5. The molecular formula is C7HF14NO3S. The molecule has 0 unspecified atom stereocenters. The van der Waals surface area contributed by atoms with Gasteiger partial charge in [0.2, 0.25) is 0 Å². The molecule has 0 aliphatic heterocycles. The Morgan fingerprint density at radius 3 is 1.19 bits per heavy atom. The van der Waals surface area contributed by atoms with Crippen molar-refractivity contribution in [3.05, 3.63) is 0 Å². The van der Waals surface area contributed by atoms with E-state index in [1.54, 1.807) is 0 Å². The maximum absolute atomic E-state index is 12.8. The number of carbonyl (C=O) groups excluding carboxylic acids is 1. The van der Waals surface area contributed by atoms with E-state index in [9.17, 15) is 74.7 Å². The number of rotatable bonds is 5. The summed E-state index contributed by atoms with van der Waals surface area (Å²) in [5.74, 6) is -26.6. The minimum absolute atomic E-state index is 1.03. The van der Waals surface area contributed by atoms with Crippen molar-refractivity contribution in [3.63, 3.8) is 0 Å². The monoisotopic (exact) mass is 445 g/mol. The highest BCUT2D eigenvalue weighted by Gasteiger charge is 2.81. The third-order valence-electron chi connectivity index (χ3n) is 2.32. The highest BCUT2D eigenvalue weighted by molar-refractivity contribution is 7.91. The lowest BCUT2D eigenvalue weighted by Gasteiger charge is -2.30. The van der Waals surface area contributed by atoms with Gasteiger partial charge >= 0.3 is 51.3 Å². The maximum atomic E-state index is 12.8. The van der Waals surface area contributed by atoms with Gasteiger partial charge < -0.3 is 0 Å². The average molecular weight is 445 g/mol. The number of halogens is 14. The molecule has 0 saturated carbocycles. The fourth-order valence-corrected chi connectivity index (χ4v) is 1.86. The topological polar surface area (TPSA) is 63.2 Å². The molecule has 19 heteroatoms. The predicted octanol–water partition coefficient (Wildman–Crippen LogP) is 3.06. The molecule has 0 bridgehead atoms. The number of nitrogens with one attached hydrogen (secondary N) is 1. The minimum Gasteiger partial charge on any atom is -0.267 e. The van der Waals surface area contributed by atoms with Crippen LogP contribution in [0, 0.1) is 0 Å². The molecule has 0 radical (unpaired) electrons. The van der Waals surface area contributed by atoms with Gasteiger partial charge in [0.1, 0.15) is 0 Å². The Morgan fingerprint density at radius 1 is 0.615 bits per heavy atom. The molecule has 156 valence electrons. The van der Waals surface area contributed by atoms with E-state index >= 15 is 0 Å². The lowest BCUT2D eigenvalue weighted by atomic mass is 10.1. The van der Waals surface area contributed by atoms with Gasteiger partial charge in [0, 0.05) is 0 Å². The largest absolute Gasteiger partial charge is 0.461 e. The van der Waals surface area contributed by atoms with Gasteiger partial charge in [-0.1, -0.05) is 0 Å². The van der Waals surface area contributed by atoms with Crippen LogP contribution in [0.25, 0.3) is 0 Å². The van der Waals surface area contributed by atoms with Gasteiger partial charge in [-0.3, -0.25) is 4.79 Å². The summed E-state index contributed by atoms with van der Waals surface area (Å²) in [6.45, 7) is 0. The summed E-state index contributed by atoms with van der Waals surface area (Å²) < 4.78 is 192. The Balaban J connectivity index is 6.03. The number of amides is 1. The van der Waals surface area contributed by atoms with Crippen LogP contribution in [0.4, 0.5) is 61.5 Å². The molecule has 0 atom stereocenters. The van der Waals surface area contributed by atoms with Crippen LogP contribution < -0.4 is 4.72 Å². The zero-order valence-corrected chi connectivity index (χ0v) is 11.7. The summed E-state index contributed by atoms with van der Waals surface area (Å²) in [5.41, 5.74) is 0. The molecular weight excluding hydrogens is 444 g/mol. The van der Waals surface area contributed by atoms with Crippen molar-refractivity contribution in [3.8, 4) is 0 Å². The van der Waals surface area contributed by atoms with E-state index in [2.05, 4.69) is 0 Å². The molecule has 1 N–H and O–H groups in total. The van der Waals surface area contributed by atoms with Gasteiger partial charge in [-0.25, -0.2) is 4.72 Å². The first-order valence-electron chi connectivity index (χ1n) is 5.09. The molecule has 1 amide bonds. The van der Waals surface area contributed by atoms with E-state index in [1.165, 1.54) is 0 Å². The van der Waals surface area contributed by atoms with Crippen LogP contribution >= 0.6 is 0 Å². The van der Waals surface area contributed by atoms with Crippen LogP contribution in [-0.2, 0) is 14.8 Å². The molecule has 0 aromatic carbocycles. The second-order valence-corrected chi connectivity index (χ2v) is 5.89. The molecule has 0 spiro atoms. The standard InChI is InChI=1S/C7HF14NO3S/c8-2(9,3(10,11)5(14,15)16)1(23)22-26(24,25)7(20,21)4(12,13)6(17,18)19/h(H,22,23). The first kappa shape index (κ1) is 24.4. The summed E-state index contributed by atoms with van der Waals surface area (Å²) >= 11 is 0. The Bertz CT molecular complexity index is 659. The highest BCUT2D eigenvalue weighted by atomic mass is 32.2. The Kier molecular flexibility index (Phi) is 5.62. The smallest absolute Gasteiger partial charge is 0.267 e. The minimum atomic E-state index is -7.87. The van der Waals surface area contributed by atoms with Gasteiger partial charge in [-0.2, -0.15) is 69.9 Å². The van der Waals surface area contributed by atoms with Crippen LogP contribution in [0.2, 0.25) is 0 Å². The van der Waals surface area contributed by atoms with Crippen molar-refractivity contribution in [1.82, 2.24) is 4.72 Å². The molecule has 4 nitrogen and oxygen atoms in total. The molecule has 0 aromatic rings. The second kappa shape index (κ2) is 5.98. The first-order chi connectivity index (χ1) is 10.9. The molecule has 0 aliphatic rings. The van der Waals surface area contributed by atoms with E-state index in [0.717, 1.165) is 0 Å². The number of hydrogen-bond acceptors (Lipinski definition) is 3. The van der Waals surface area contributed by atoms with Crippen molar-refractivity contribution >= 4 is 15.9 Å². The zero-order valence-electron chi connectivity index (χ0n) is 10.9. The number of sulfonamides is 1. The fourth-order valence-electron chi connectivity index (χ4n) is 0.905. The van der Waals surface area contributed by atoms with Crippen LogP contribution in [0.1, 0.15) is 0 Å². The van der Waals surface area contributed by atoms with Gasteiger partial charge in [-0.05, 0) is 0 Å². The molecule has 0 aliphatic carbocycles. The van der Waals surface area contributed by atoms with Gasteiger partial charge in [0.15, 0.2) is 0 Å². The first-order valence-corrected chi connectivity index (χ1v) is 6.57. The molecule has 0 saturated heterocycles. The van der Waals surface area contributed by atoms with E-state index < -0.39 is 56.0 Å². The third kappa shape index (κ3) is 3.48. The summed E-state index contributed by atoms with van der Waals surface area (Å²) in [5, 5.41) is -7.45. The zero-order chi connectivity index (χ0) is 21.8. The lowest BCUT2D eigenvalue weighted by molar-refractivity contribution is -0.343. The Hall–Kier alpha value is -1.56. The maximum Gasteiger partial charge on any atom is 0.461 e.